The highest BCUT2D eigenvalue weighted by molar-refractivity contribution is 5.77. The Labute approximate surface area is 145 Å². The summed E-state index contributed by atoms with van der Waals surface area (Å²) in [5.74, 6) is 1.80. The van der Waals surface area contributed by atoms with Crippen LogP contribution in [0.25, 0.3) is 0 Å². The van der Waals surface area contributed by atoms with Gasteiger partial charge >= 0.3 is 0 Å². The van der Waals surface area contributed by atoms with Crippen LogP contribution in [0.3, 0.4) is 0 Å². The van der Waals surface area contributed by atoms with Crippen LogP contribution < -0.4 is 0 Å². The van der Waals surface area contributed by atoms with Crippen molar-refractivity contribution in [2.75, 3.05) is 39.8 Å². The molecule has 0 aromatic carbocycles. The van der Waals surface area contributed by atoms with Gasteiger partial charge in [-0.2, -0.15) is 0 Å². The Bertz CT molecular complexity index is 529. The van der Waals surface area contributed by atoms with Gasteiger partial charge in [0.2, 0.25) is 5.91 Å². The minimum Gasteiger partial charge on any atom is -0.464 e. The number of β-amino-alcohol motifs (C(OH)–C–C–N with tert-alkyl or cyclic N) is 1. The molecule has 2 atom stereocenters. The molecule has 0 unspecified atom stereocenters. The number of aryl methyl sites for hydroxylation is 1. The van der Waals surface area contributed by atoms with Crippen LogP contribution in [0.15, 0.2) is 16.5 Å². The lowest BCUT2D eigenvalue weighted by atomic mass is 10.1. The predicted molar refractivity (Wildman–Crippen MR) is 93.7 cm³/mol. The molecule has 0 radical (unpaired) electrons. The molecule has 1 aromatic rings. The zero-order valence-electron chi connectivity index (χ0n) is 15.4. The first-order chi connectivity index (χ1) is 11.4. The molecule has 1 aromatic heterocycles. The largest absolute Gasteiger partial charge is 0.464 e. The number of likely N-dealkylation sites (N-methyl/N-ethyl adjacent to an activating group) is 1. The van der Waals surface area contributed by atoms with Crippen LogP contribution in [0, 0.1) is 6.92 Å². The molecule has 136 valence electrons. The Hall–Kier alpha value is -1.37. The Morgan fingerprint density at radius 3 is 2.79 bits per heavy atom. The van der Waals surface area contributed by atoms with E-state index >= 15 is 0 Å². The third-order valence-electron chi connectivity index (χ3n) is 4.63. The monoisotopic (exact) mass is 337 g/mol. The molecule has 1 amide bonds. The number of rotatable bonds is 7. The van der Waals surface area contributed by atoms with Crippen LogP contribution >= 0.6 is 0 Å². The van der Waals surface area contributed by atoms with Crippen LogP contribution in [-0.4, -0.2) is 77.6 Å². The summed E-state index contributed by atoms with van der Waals surface area (Å²) in [6, 6.07) is 4.24. The summed E-state index contributed by atoms with van der Waals surface area (Å²) < 4.78 is 5.54. The highest BCUT2D eigenvalue weighted by atomic mass is 16.3. The topological polar surface area (TPSA) is 60.2 Å². The van der Waals surface area contributed by atoms with Gasteiger partial charge < -0.3 is 14.4 Å². The first kappa shape index (κ1) is 19.0. The lowest BCUT2D eigenvalue weighted by Crippen LogP contribution is -2.56. The fraction of sp³-hybridized carbons (Fsp3) is 0.722. The number of hydrogen-bond donors (Lipinski definition) is 1. The van der Waals surface area contributed by atoms with Crippen molar-refractivity contribution in [3.05, 3.63) is 23.7 Å². The van der Waals surface area contributed by atoms with E-state index in [2.05, 4.69) is 16.7 Å². The minimum atomic E-state index is -0.310. The normalized spacial score (nSPS) is 21.0. The quantitative estimate of drug-likeness (QED) is 0.813. The Balaban J connectivity index is 1.83. The molecule has 6 heteroatoms. The van der Waals surface area contributed by atoms with Crippen molar-refractivity contribution in [1.82, 2.24) is 14.7 Å². The number of amides is 1. The molecule has 24 heavy (non-hydrogen) atoms. The van der Waals surface area contributed by atoms with Gasteiger partial charge in [-0.05, 0) is 32.4 Å². The fourth-order valence-corrected chi connectivity index (χ4v) is 3.27. The van der Waals surface area contributed by atoms with E-state index in [9.17, 15) is 9.90 Å². The molecule has 1 aliphatic rings. The highest BCUT2D eigenvalue weighted by Crippen LogP contribution is 2.14. The summed E-state index contributed by atoms with van der Waals surface area (Å²) in [4.78, 5) is 18.7. The van der Waals surface area contributed by atoms with Gasteiger partial charge in [0, 0.05) is 39.3 Å². The summed E-state index contributed by atoms with van der Waals surface area (Å²) >= 11 is 0. The lowest BCUT2D eigenvalue weighted by molar-refractivity contribution is -0.132. The van der Waals surface area contributed by atoms with Gasteiger partial charge in [-0.3, -0.25) is 14.6 Å². The van der Waals surface area contributed by atoms with Crippen LogP contribution in [0.4, 0.5) is 0 Å². The highest BCUT2D eigenvalue weighted by Gasteiger charge is 2.28. The maximum atomic E-state index is 12.5. The Morgan fingerprint density at radius 1 is 1.46 bits per heavy atom. The molecule has 2 rings (SSSR count). The van der Waals surface area contributed by atoms with Gasteiger partial charge in [0.05, 0.1) is 19.2 Å². The number of nitrogens with zero attached hydrogens (tertiary/aromatic N) is 3. The maximum absolute atomic E-state index is 12.5. The van der Waals surface area contributed by atoms with E-state index in [-0.39, 0.29) is 12.0 Å². The summed E-state index contributed by atoms with van der Waals surface area (Å²) in [5.41, 5.74) is 0. The molecule has 0 aliphatic carbocycles. The molecular weight excluding hydrogens is 306 g/mol. The maximum Gasteiger partial charge on any atom is 0.236 e. The SMILES string of the molecule is CC[C@@H]1CN(CC(=O)N(C)Cc2ccc(C)o2)CCN1C[C@H](C)O. The fourth-order valence-electron chi connectivity index (χ4n) is 3.27. The van der Waals surface area contributed by atoms with E-state index in [1.807, 2.05) is 33.0 Å². The molecule has 1 saturated heterocycles. The summed E-state index contributed by atoms with van der Waals surface area (Å²) in [6.07, 6.45) is 0.717. The van der Waals surface area contributed by atoms with Gasteiger partial charge in [-0.15, -0.1) is 0 Å². The van der Waals surface area contributed by atoms with E-state index in [4.69, 9.17) is 4.42 Å². The number of carbonyl (C=O) groups is 1. The van der Waals surface area contributed by atoms with Gasteiger partial charge in [0.15, 0.2) is 0 Å². The van der Waals surface area contributed by atoms with Crippen molar-refractivity contribution in [1.29, 1.82) is 0 Å². The molecule has 6 nitrogen and oxygen atoms in total. The third kappa shape index (κ3) is 5.33. The molecular formula is C18H31N3O3. The van der Waals surface area contributed by atoms with Crippen molar-refractivity contribution in [2.24, 2.45) is 0 Å². The van der Waals surface area contributed by atoms with Crippen LogP contribution in [0.2, 0.25) is 0 Å². The summed E-state index contributed by atoms with van der Waals surface area (Å²) in [6.45, 7) is 10.2. The van der Waals surface area contributed by atoms with E-state index in [0.29, 0.717) is 25.7 Å². The summed E-state index contributed by atoms with van der Waals surface area (Å²) in [7, 11) is 1.82. The van der Waals surface area contributed by atoms with Crippen LogP contribution in [0.1, 0.15) is 31.8 Å². The zero-order valence-corrected chi connectivity index (χ0v) is 15.4. The molecule has 0 bridgehead atoms. The van der Waals surface area contributed by atoms with Crippen molar-refractivity contribution >= 4 is 5.91 Å². The first-order valence-corrected chi connectivity index (χ1v) is 8.82. The number of piperazine rings is 1. The number of aliphatic hydroxyl groups is 1. The Morgan fingerprint density at radius 2 is 2.21 bits per heavy atom. The molecule has 2 heterocycles. The van der Waals surface area contributed by atoms with Crippen LogP contribution in [-0.2, 0) is 11.3 Å². The molecule has 1 aliphatic heterocycles. The number of aliphatic hydroxyl groups excluding tert-OH is 1. The van der Waals surface area contributed by atoms with Crippen molar-refractivity contribution in [3.63, 3.8) is 0 Å². The second-order valence-corrected chi connectivity index (χ2v) is 6.90. The molecule has 0 spiro atoms. The second-order valence-electron chi connectivity index (χ2n) is 6.90. The molecule has 1 N–H and O–H groups in total. The molecule has 1 fully saturated rings. The second kappa shape index (κ2) is 8.65. The molecule has 0 saturated carbocycles. The standard InChI is InChI=1S/C18H31N3O3/c1-5-16-11-20(8-9-21(16)10-14(2)22)13-18(23)19(4)12-17-7-6-15(3)24-17/h6-7,14,16,22H,5,8-13H2,1-4H3/t14-,16+/m0/s1. The summed E-state index contributed by atoms with van der Waals surface area (Å²) in [5, 5.41) is 9.62. The first-order valence-electron chi connectivity index (χ1n) is 8.82. The van der Waals surface area contributed by atoms with Crippen molar-refractivity contribution < 1.29 is 14.3 Å². The predicted octanol–water partition coefficient (Wildman–Crippen LogP) is 1.32. The van der Waals surface area contributed by atoms with Gasteiger partial charge in [-0.25, -0.2) is 0 Å². The average molecular weight is 337 g/mol. The smallest absolute Gasteiger partial charge is 0.236 e. The zero-order chi connectivity index (χ0) is 17.7. The van der Waals surface area contributed by atoms with E-state index in [0.717, 1.165) is 37.6 Å². The van der Waals surface area contributed by atoms with Crippen molar-refractivity contribution in [2.45, 2.75) is 45.9 Å². The number of carbonyl (C=O) groups excluding carboxylic acids is 1. The van der Waals surface area contributed by atoms with Gasteiger partial charge in [-0.1, -0.05) is 6.92 Å². The van der Waals surface area contributed by atoms with Crippen molar-refractivity contribution in [3.8, 4) is 0 Å². The number of hydrogen-bond acceptors (Lipinski definition) is 5. The van der Waals surface area contributed by atoms with Gasteiger partial charge in [0.1, 0.15) is 11.5 Å². The Kier molecular flexibility index (Phi) is 6.83. The lowest BCUT2D eigenvalue weighted by Gasteiger charge is -2.41. The van der Waals surface area contributed by atoms with E-state index in [1.54, 1.807) is 4.90 Å². The third-order valence-corrected chi connectivity index (χ3v) is 4.63. The number of furan rings is 1. The van der Waals surface area contributed by atoms with E-state index in [1.165, 1.54) is 0 Å². The van der Waals surface area contributed by atoms with Gasteiger partial charge in [0.25, 0.3) is 0 Å². The van der Waals surface area contributed by atoms with Crippen LogP contribution in [0.5, 0.6) is 0 Å². The minimum absolute atomic E-state index is 0.114. The average Bonchev–Trinajstić information content (AvgIpc) is 2.93. The van der Waals surface area contributed by atoms with E-state index < -0.39 is 0 Å².